The zero-order chi connectivity index (χ0) is 35.4. The second-order valence-electron chi connectivity index (χ2n) is 18.3. The molecule has 0 N–H and O–H groups in total. The van der Waals surface area contributed by atoms with Gasteiger partial charge in [-0.05, 0) is 0 Å². The minimum absolute atomic E-state index is 0. The van der Waals surface area contributed by atoms with Crippen LogP contribution >= 0.6 is 0 Å². The molecule has 266 valence electrons. The van der Waals surface area contributed by atoms with Crippen LogP contribution < -0.4 is 24.8 Å². The normalized spacial score (nSPS) is 17.4. The number of benzene rings is 4. The summed E-state index contributed by atoms with van der Waals surface area (Å²) in [5.74, 6) is 0. The molecule has 0 saturated heterocycles. The van der Waals surface area contributed by atoms with Gasteiger partial charge in [0.05, 0.1) is 0 Å². The Kier molecular flexibility index (Phi) is 10.1. The summed E-state index contributed by atoms with van der Waals surface area (Å²) >= 11 is -2.82. The van der Waals surface area contributed by atoms with Crippen LogP contribution in [0.1, 0.15) is 124 Å². The summed E-state index contributed by atoms with van der Waals surface area (Å²) in [4.78, 5) is 0. The standard InChI is InChI=1S/C31H37.C13H10.C5H5.2ClH.Zr/c1-28(2,3)26-16-30(7,8)24-12-18-11-19-13-25-23(15-21(19)20(18)14-22(24)26)27(29(4,5)6)17-31(25,9)10;1-3-7-12(8-4-1)11-13-9-5-2-6-10-13;1-2-4-5-3-1;;;/h11-17H,1-10H3;1-10H;1-3H,4H2;2*1H;/q;;;;;+2/p-2. The molecular formula is C49H52Cl2Zr. The SMILES string of the molecule is CC(C)(C)C1=CC(C)(C)c2cc3c(cc21)-c1cc2c(cc1[CH]3[Zr+2]([C]1=CC=CC1)=[C](c1ccccc1)c1ccccc1)C(C)(C)C=C2C(C)(C)C.[Cl-].[Cl-]. The van der Waals surface area contributed by atoms with Crippen LogP contribution in [0.15, 0.2) is 119 Å². The van der Waals surface area contributed by atoms with E-state index in [-0.39, 0.29) is 46.5 Å². The van der Waals surface area contributed by atoms with Crippen molar-refractivity contribution in [3.05, 3.63) is 163 Å². The van der Waals surface area contributed by atoms with Crippen molar-refractivity contribution in [2.45, 2.75) is 90.1 Å². The fourth-order valence-electron chi connectivity index (χ4n) is 9.27. The second-order valence-corrected chi connectivity index (χ2v) is 24.6. The van der Waals surface area contributed by atoms with Gasteiger partial charge >= 0.3 is 311 Å². The fourth-order valence-corrected chi connectivity index (χ4v) is 18.2. The van der Waals surface area contributed by atoms with E-state index in [0.717, 1.165) is 6.42 Å². The third kappa shape index (κ3) is 6.32. The third-order valence-electron chi connectivity index (χ3n) is 11.7. The Balaban J connectivity index is 0.00000232. The van der Waals surface area contributed by atoms with Crippen molar-refractivity contribution in [3.8, 4) is 11.1 Å². The van der Waals surface area contributed by atoms with E-state index in [1.165, 1.54) is 55.7 Å². The minimum Gasteiger partial charge on any atom is -1.00 e. The maximum Gasteiger partial charge on any atom is -1.00 e. The van der Waals surface area contributed by atoms with Gasteiger partial charge in [-0.2, -0.15) is 0 Å². The number of fused-ring (bicyclic) bond motifs is 5. The summed E-state index contributed by atoms with van der Waals surface area (Å²) in [6.07, 6.45) is 13.4. The van der Waals surface area contributed by atoms with Gasteiger partial charge in [0.25, 0.3) is 0 Å². The molecular weight excluding hydrogens is 751 g/mol. The summed E-state index contributed by atoms with van der Waals surface area (Å²) < 4.78 is 3.69. The monoisotopic (exact) mass is 800 g/mol. The van der Waals surface area contributed by atoms with Gasteiger partial charge < -0.3 is 24.8 Å². The Hall–Kier alpha value is -2.83. The molecule has 0 heterocycles. The number of hydrogen-bond donors (Lipinski definition) is 0. The topological polar surface area (TPSA) is 0 Å². The van der Waals surface area contributed by atoms with Crippen LogP contribution in [0.2, 0.25) is 0 Å². The van der Waals surface area contributed by atoms with Crippen molar-refractivity contribution in [2.75, 3.05) is 0 Å². The van der Waals surface area contributed by atoms with E-state index in [9.17, 15) is 0 Å². The molecule has 4 aromatic rings. The quantitative estimate of drug-likeness (QED) is 0.210. The van der Waals surface area contributed by atoms with E-state index in [2.05, 4.69) is 185 Å². The molecule has 0 nitrogen and oxygen atoms in total. The van der Waals surface area contributed by atoms with Crippen molar-refractivity contribution in [1.29, 1.82) is 0 Å². The van der Waals surface area contributed by atoms with Gasteiger partial charge in [-0.15, -0.1) is 0 Å². The molecule has 4 aliphatic carbocycles. The first-order valence-corrected chi connectivity index (χ1v) is 22.5. The molecule has 3 heteroatoms. The Morgan fingerprint density at radius 3 is 1.38 bits per heavy atom. The molecule has 4 aliphatic rings. The largest absolute Gasteiger partial charge is 1.00 e. The Labute approximate surface area is 333 Å². The van der Waals surface area contributed by atoms with Gasteiger partial charge in [-0.1, -0.05) is 0 Å². The van der Waals surface area contributed by atoms with Crippen LogP contribution in [0.25, 0.3) is 22.3 Å². The van der Waals surface area contributed by atoms with E-state index < -0.39 is 21.3 Å². The summed E-state index contributed by atoms with van der Waals surface area (Å²) in [5.41, 5.74) is 17.9. The number of rotatable bonds is 4. The predicted octanol–water partition coefficient (Wildman–Crippen LogP) is 6.94. The van der Waals surface area contributed by atoms with Gasteiger partial charge in [-0.25, -0.2) is 0 Å². The molecule has 8 rings (SSSR count). The number of allylic oxidation sites excluding steroid dienone is 8. The van der Waals surface area contributed by atoms with E-state index in [0.29, 0.717) is 3.63 Å². The molecule has 0 unspecified atom stereocenters. The van der Waals surface area contributed by atoms with Crippen LogP contribution in [0, 0.1) is 10.8 Å². The van der Waals surface area contributed by atoms with Crippen LogP contribution in [-0.4, -0.2) is 3.21 Å². The van der Waals surface area contributed by atoms with Crippen LogP contribution in [0.5, 0.6) is 0 Å². The second kappa shape index (κ2) is 13.5. The zero-order valence-electron chi connectivity index (χ0n) is 32.5. The molecule has 0 aliphatic heterocycles. The molecule has 0 radical (unpaired) electrons. The van der Waals surface area contributed by atoms with Crippen LogP contribution in [0.4, 0.5) is 0 Å². The van der Waals surface area contributed by atoms with Crippen molar-refractivity contribution >= 4 is 14.4 Å². The van der Waals surface area contributed by atoms with Gasteiger partial charge in [0, 0.05) is 0 Å². The predicted molar refractivity (Wildman–Crippen MR) is 213 cm³/mol. The van der Waals surface area contributed by atoms with Gasteiger partial charge in [0.1, 0.15) is 0 Å². The number of hydrogen-bond acceptors (Lipinski definition) is 0. The first-order valence-electron chi connectivity index (χ1n) is 18.6. The molecule has 52 heavy (non-hydrogen) atoms. The maximum atomic E-state index is 2.69. The van der Waals surface area contributed by atoms with Crippen molar-refractivity contribution < 1.29 is 46.1 Å². The molecule has 0 spiro atoms. The molecule has 0 bridgehead atoms. The molecule has 0 fully saturated rings. The Bertz CT molecular complexity index is 2090. The fraction of sp³-hybridized carbons (Fsp3) is 0.327. The van der Waals surface area contributed by atoms with E-state index in [1.807, 2.05) is 0 Å². The van der Waals surface area contributed by atoms with Crippen molar-refractivity contribution in [3.63, 3.8) is 0 Å². The maximum absolute atomic E-state index is 2.82. The van der Waals surface area contributed by atoms with E-state index >= 15 is 0 Å². The minimum atomic E-state index is -2.82. The summed E-state index contributed by atoms with van der Waals surface area (Å²) in [6, 6.07) is 33.4. The van der Waals surface area contributed by atoms with Gasteiger partial charge in [0.15, 0.2) is 0 Å². The molecule has 0 atom stereocenters. The summed E-state index contributed by atoms with van der Waals surface area (Å²) in [6.45, 7) is 24.0. The Morgan fingerprint density at radius 2 is 1.02 bits per heavy atom. The van der Waals surface area contributed by atoms with Crippen LogP contribution in [-0.2, 0) is 32.1 Å². The summed E-state index contributed by atoms with van der Waals surface area (Å²) in [7, 11) is 0. The molecule has 0 saturated carbocycles. The average molecular weight is 803 g/mol. The van der Waals surface area contributed by atoms with Gasteiger partial charge in [0.2, 0.25) is 0 Å². The van der Waals surface area contributed by atoms with Gasteiger partial charge in [-0.3, -0.25) is 0 Å². The average Bonchev–Trinajstić information content (AvgIpc) is 3.82. The first-order chi connectivity index (χ1) is 23.6. The Morgan fingerprint density at radius 1 is 0.596 bits per heavy atom. The van der Waals surface area contributed by atoms with Crippen molar-refractivity contribution in [2.24, 2.45) is 10.8 Å². The summed E-state index contributed by atoms with van der Waals surface area (Å²) in [5, 5.41) is 0. The van der Waals surface area contributed by atoms with E-state index in [4.69, 9.17) is 0 Å². The zero-order valence-corrected chi connectivity index (χ0v) is 36.5. The van der Waals surface area contributed by atoms with Crippen molar-refractivity contribution in [1.82, 2.24) is 0 Å². The third-order valence-corrected chi connectivity index (χ3v) is 20.0. The van der Waals surface area contributed by atoms with E-state index in [1.54, 1.807) is 17.6 Å². The van der Waals surface area contributed by atoms with Crippen LogP contribution in [0.3, 0.4) is 0 Å². The molecule has 4 aromatic carbocycles. The first kappa shape index (κ1) is 38.9. The smallest absolute Gasteiger partial charge is 1.00 e. The molecule has 0 aromatic heterocycles. The molecule has 0 amide bonds. The number of halogens is 2.